The first kappa shape index (κ1) is 10.8. The van der Waals surface area contributed by atoms with Crippen molar-refractivity contribution in [3.05, 3.63) is 23.8 Å². The maximum absolute atomic E-state index is 5.76. The summed E-state index contributed by atoms with van der Waals surface area (Å²) in [6, 6.07) is 6.96. The van der Waals surface area contributed by atoms with Gasteiger partial charge in [-0.15, -0.1) is 11.8 Å². The summed E-state index contributed by atoms with van der Waals surface area (Å²) >= 11 is 1.95. The molecule has 0 aliphatic carbocycles. The third-order valence-electron chi connectivity index (χ3n) is 2.95. The third kappa shape index (κ3) is 1.99. The molecule has 1 aliphatic heterocycles. The summed E-state index contributed by atoms with van der Waals surface area (Å²) in [5.74, 6) is 1.17. The van der Waals surface area contributed by atoms with E-state index in [1.165, 1.54) is 21.9 Å². The van der Waals surface area contributed by atoms with Crippen LogP contribution in [0.1, 0.15) is 12.5 Å². The van der Waals surface area contributed by atoms with Crippen molar-refractivity contribution in [1.82, 2.24) is 0 Å². The zero-order valence-electron chi connectivity index (χ0n) is 9.36. The van der Waals surface area contributed by atoms with E-state index < -0.39 is 0 Å². The van der Waals surface area contributed by atoms with Crippen LogP contribution in [0.25, 0.3) is 0 Å². The van der Waals surface area contributed by atoms with Gasteiger partial charge in [-0.2, -0.15) is 0 Å². The summed E-state index contributed by atoms with van der Waals surface area (Å²) in [5.41, 5.74) is 8.52. The minimum Gasteiger partial charge on any atom is -0.366 e. The molecule has 1 aliphatic rings. The van der Waals surface area contributed by atoms with E-state index in [0.29, 0.717) is 6.04 Å². The van der Waals surface area contributed by atoms with E-state index in [9.17, 15) is 0 Å². The maximum Gasteiger partial charge on any atom is 0.0537 e. The highest BCUT2D eigenvalue weighted by molar-refractivity contribution is 7.99. The normalized spacial score (nSPS) is 17.4. The lowest BCUT2D eigenvalue weighted by atomic mass is 10.1. The number of para-hydroxylation sites is 1. The predicted molar refractivity (Wildman–Crippen MR) is 67.8 cm³/mol. The van der Waals surface area contributed by atoms with Gasteiger partial charge in [0.2, 0.25) is 0 Å². The topological polar surface area (TPSA) is 29.3 Å². The summed E-state index contributed by atoms with van der Waals surface area (Å²) in [4.78, 5) is 3.85. The van der Waals surface area contributed by atoms with Crippen LogP contribution < -0.4 is 10.6 Å². The van der Waals surface area contributed by atoms with Gasteiger partial charge in [-0.1, -0.05) is 12.1 Å². The Bertz CT molecular complexity index is 351. The molecule has 0 fully saturated rings. The molecule has 15 heavy (non-hydrogen) atoms. The van der Waals surface area contributed by atoms with Gasteiger partial charge in [-0.3, -0.25) is 0 Å². The second-order valence-corrected chi connectivity index (χ2v) is 5.18. The van der Waals surface area contributed by atoms with E-state index in [1.54, 1.807) is 0 Å². The molecular weight excluding hydrogens is 204 g/mol. The van der Waals surface area contributed by atoms with E-state index in [4.69, 9.17) is 5.73 Å². The lowest BCUT2D eigenvalue weighted by molar-refractivity contribution is 0.649. The standard InChI is InChI=1S/C12H18N2S/c1-9-4-3-5-11-12(9)14(6-7-15-11)10(2)8-13/h3-5,10H,6-8,13H2,1-2H3. The van der Waals surface area contributed by atoms with Crippen LogP contribution in [-0.2, 0) is 0 Å². The number of nitrogens with two attached hydrogens (primary N) is 1. The molecule has 2 rings (SSSR count). The quantitative estimate of drug-likeness (QED) is 0.832. The lowest BCUT2D eigenvalue weighted by Crippen LogP contribution is -2.42. The van der Waals surface area contributed by atoms with E-state index in [-0.39, 0.29) is 0 Å². The molecule has 0 aromatic heterocycles. The Morgan fingerprint density at radius 1 is 1.53 bits per heavy atom. The fourth-order valence-electron chi connectivity index (χ4n) is 2.05. The Labute approximate surface area is 95.8 Å². The van der Waals surface area contributed by atoms with E-state index in [1.807, 2.05) is 11.8 Å². The number of aryl methyl sites for hydroxylation is 1. The molecule has 2 nitrogen and oxygen atoms in total. The van der Waals surface area contributed by atoms with E-state index in [2.05, 4.69) is 36.9 Å². The number of hydrogen-bond donors (Lipinski definition) is 1. The summed E-state index contributed by atoms with van der Waals surface area (Å²) in [6.45, 7) is 6.21. The van der Waals surface area contributed by atoms with Crippen molar-refractivity contribution in [3.8, 4) is 0 Å². The largest absolute Gasteiger partial charge is 0.366 e. The molecule has 1 aromatic rings. The van der Waals surface area contributed by atoms with Crippen LogP contribution in [0.3, 0.4) is 0 Å². The van der Waals surface area contributed by atoms with Gasteiger partial charge in [0.1, 0.15) is 0 Å². The number of rotatable bonds is 2. The molecule has 1 heterocycles. The highest BCUT2D eigenvalue weighted by Gasteiger charge is 2.22. The van der Waals surface area contributed by atoms with Gasteiger partial charge in [0.15, 0.2) is 0 Å². The first-order chi connectivity index (χ1) is 7.24. The van der Waals surface area contributed by atoms with Gasteiger partial charge in [0.25, 0.3) is 0 Å². The van der Waals surface area contributed by atoms with Gasteiger partial charge < -0.3 is 10.6 Å². The van der Waals surface area contributed by atoms with E-state index in [0.717, 1.165) is 13.1 Å². The number of fused-ring (bicyclic) bond motifs is 1. The van der Waals surface area contributed by atoms with Crippen LogP contribution in [0, 0.1) is 6.92 Å². The predicted octanol–water partition coefficient (Wildman–Crippen LogP) is 2.25. The summed E-state index contributed by atoms with van der Waals surface area (Å²) in [6.07, 6.45) is 0. The van der Waals surface area contributed by atoms with Crippen LogP contribution >= 0.6 is 11.8 Å². The Kier molecular flexibility index (Phi) is 3.22. The third-order valence-corrected chi connectivity index (χ3v) is 3.98. The zero-order valence-corrected chi connectivity index (χ0v) is 10.2. The molecule has 0 amide bonds. The molecule has 1 aromatic carbocycles. The minimum atomic E-state index is 0.436. The number of anilines is 1. The van der Waals surface area contributed by atoms with E-state index >= 15 is 0 Å². The highest BCUT2D eigenvalue weighted by Crippen LogP contribution is 2.37. The molecule has 1 unspecified atom stereocenters. The van der Waals surface area contributed by atoms with Crippen molar-refractivity contribution in [1.29, 1.82) is 0 Å². The molecule has 0 bridgehead atoms. The average Bonchev–Trinajstić information content (AvgIpc) is 2.28. The Balaban J connectivity index is 2.40. The summed E-state index contributed by atoms with van der Waals surface area (Å²) in [7, 11) is 0. The van der Waals surface area contributed by atoms with Gasteiger partial charge in [0, 0.05) is 29.8 Å². The highest BCUT2D eigenvalue weighted by atomic mass is 32.2. The maximum atomic E-state index is 5.76. The fraction of sp³-hybridized carbons (Fsp3) is 0.500. The van der Waals surface area contributed by atoms with Crippen LogP contribution in [0.5, 0.6) is 0 Å². The van der Waals surface area contributed by atoms with Crippen LogP contribution in [0.2, 0.25) is 0 Å². The lowest BCUT2D eigenvalue weighted by Gasteiger charge is -2.36. The molecule has 0 radical (unpaired) electrons. The second kappa shape index (κ2) is 4.45. The van der Waals surface area contributed by atoms with Crippen molar-refractivity contribution >= 4 is 17.4 Å². The van der Waals surface area contributed by atoms with Gasteiger partial charge in [0.05, 0.1) is 5.69 Å². The number of benzene rings is 1. The van der Waals surface area contributed by atoms with Crippen molar-refractivity contribution in [2.24, 2.45) is 5.73 Å². The van der Waals surface area contributed by atoms with Crippen LogP contribution in [0.4, 0.5) is 5.69 Å². The second-order valence-electron chi connectivity index (χ2n) is 4.05. The molecule has 1 atom stereocenters. The van der Waals surface area contributed by atoms with Crippen LogP contribution in [-0.4, -0.2) is 24.9 Å². The molecule has 2 N–H and O–H groups in total. The SMILES string of the molecule is Cc1cccc2c1N(C(C)CN)CCS2. The van der Waals surface area contributed by atoms with Gasteiger partial charge >= 0.3 is 0 Å². The number of nitrogens with zero attached hydrogens (tertiary/aromatic N) is 1. The Morgan fingerprint density at radius 2 is 2.33 bits per heavy atom. The molecule has 0 spiro atoms. The monoisotopic (exact) mass is 222 g/mol. The number of thioether (sulfide) groups is 1. The fourth-order valence-corrected chi connectivity index (χ4v) is 3.15. The summed E-state index contributed by atoms with van der Waals surface area (Å²) in [5, 5.41) is 0. The zero-order chi connectivity index (χ0) is 10.8. The number of hydrogen-bond acceptors (Lipinski definition) is 3. The van der Waals surface area contributed by atoms with Crippen LogP contribution in [0.15, 0.2) is 23.1 Å². The molecule has 3 heteroatoms. The Hall–Kier alpha value is -0.670. The van der Waals surface area contributed by atoms with Crippen molar-refractivity contribution < 1.29 is 0 Å². The Morgan fingerprint density at radius 3 is 3.07 bits per heavy atom. The summed E-state index contributed by atoms with van der Waals surface area (Å²) < 4.78 is 0. The first-order valence-electron chi connectivity index (χ1n) is 5.43. The first-order valence-corrected chi connectivity index (χ1v) is 6.41. The molecule has 0 saturated carbocycles. The van der Waals surface area contributed by atoms with Crippen molar-refractivity contribution in [3.63, 3.8) is 0 Å². The van der Waals surface area contributed by atoms with Crippen molar-refractivity contribution in [2.45, 2.75) is 24.8 Å². The van der Waals surface area contributed by atoms with Gasteiger partial charge in [-0.25, -0.2) is 0 Å². The van der Waals surface area contributed by atoms with Crippen molar-refractivity contribution in [2.75, 3.05) is 23.7 Å². The molecular formula is C12H18N2S. The average molecular weight is 222 g/mol. The molecule has 82 valence electrons. The van der Waals surface area contributed by atoms with Gasteiger partial charge in [-0.05, 0) is 25.5 Å². The molecule has 0 saturated heterocycles. The smallest absolute Gasteiger partial charge is 0.0537 e. The minimum absolute atomic E-state index is 0.436.